The van der Waals surface area contributed by atoms with Gasteiger partial charge in [0, 0.05) is 12.2 Å². The molecule has 3 aromatic heterocycles. The van der Waals surface area contributed by atoms with Crippen molar-refractivity contribution in [3.63, 3.8) is 0 Å². The summed E-state index contributed by atoms with van der Waals surface area (Å²) in [7, 11) is 0. The maximum Gasteiger partial charge on any atom is 0.271 e. The number of carbonyl (C=O) groups excluding carboxylic acids is 1. The zero-order valence-electron chi connectivity index (χ0n) is 14.2. The quantitative estimate of drug-likeness (QED) is 0.639. The molecule has 0 spiro atoms. The molecule has 1 amide bonds. The van der Waals surface area contributed by atoms with Crippen molar-refractivity contribution in [2.45, 2.75) is 38.0 Å². The van der Waals surface area contributed by atoms with Crippen molar-refractivity contribution in [2.24, 2.45) is 0 Å². The standard InChI is InChI=1S/C18H19N5O2S/c1-10(13-4-2-3-6-19-13)20-18-22-14-5-7-26-16(14)15(23-18)17(25)21-11-8-12(24)9-11/h2-7,10-12,24H,8-9H2,1H3,(H,21,25)(H,20,22,23)/t10?,11-,12+. The Kier molecular flexibility index (Phi) is 4.52. The van der Waals surface area contributed by atoms with E-state index >= 15 is 0 Å². The Labute approximate surface area is 154 Å². The molecule has 134 valence electrons. The number of aromatic nitrogens is 3. The van der Waals surface area contributed by atoms with E-state index in [-0.39, 0.29) is 24.1 Å². The molecule has 1 saturated carbocycles. The van der Waals surface area contributed by atoms with Gasteiger partial charge in [-0.25, -0.2) is 9.97 Å². The fourth-order valence-corrected chi connectivity index (χ4v) is 3.76. The van der Waals surface area contributed by atoms with Crippen LogP contribution in [0.3, 0.4) is 0 Å². The van der Waals surface area contributed by atoms with Crippen molar-refractivity contribution in [3.05, 3.63) is 47.2 Å². The predicted molar refractivity (Wildman–Crippen MR) is 100 cm³/mol. The van der Waals surface area contributed by atoms with Crippen molar-refractivity contribution in [1.29, 1.82) is 0 Å². The molecule has 3 aromatic rings. The Morgan fingerprint density at radius 3 is 2.88 bits per heavy atom. The van der Waals surface area contributed by atoms with Crippen molar-refractivity contribution in [3.8, 4) is 0 Å². The van der Waals surface area contributed by atoms with E-state index in [1.807, 2.05) is 36.6 Å². The van der Waals surface area contributed by atoms with Crippen LogP contribution in [0.4, 0.5) is 5.95 Å². The summed E-state index contributed by atoms with van der Waals surface area (Å²) in [6.07, 6.45) is 2.60. The maximum absolute atomic E-state index is 12.7. The first-order chi connectivity index (χ1) is 12.6. The molecular formula is C18H19N5O2S. The summed E-state index contributed by atoms with van der Waals surface area (Å²) in [5, 5.41) is 17.5. The van der Waals surface area contributed by atoms with E-state index in [1.165, 1.54) is 11.3 Å². The lowest BCUT2D eigenvalue weighted by Gasteiger charge is -2.31. The third-order valence-corrected chi connectivity index (χ3v) is 5.35. The number of fused-ring (bicyclic) bond motifs is 1. The van der Waals surface area contributed by atoms with Gasteiger partial charge in [0.25, 0.3) is 5.91 Å². The summed E-state index contributed by atoms with van der Waals surface area (Å²) >= 11 is 1.44. The minimum atomic E-state index is -0.316. The van der Waals surface area contributed by atoms with Gasteiger partial charge in [0.2, 0.25) is 5.95 Å². The minimum Gasteiger partial charge on any atom is -0.393 e. The van der Waals surface area contributed by atoms with Crippen LogP contribution in [0.25, 0.3) is 10.2 Å². The van der Waals surface area contributed by atoms with Crippen molar-refractivity contribution < 1.29 is 9.90 Å². The lowest BCUT2D eigenvalue weighted by atomic mass is 9.89. The average molecular weight is 369 g/mol. The zero-order chi connectivity index (χ0) is 18.1. The molecule has 26 heavy (non-hydrogen) atoms. The number of pyridine rings is 1. The van der Waals surface area contributed by atoms with Gasteiger partial charge in [0.15, 0.2) is 5.69 Å². The number of nitrogens with one attached hydrogen (secondary N) is 2. The summed E-state index contributed by atoms with van der Waals surface area (Å²) in [4.78, 5) is 26.0. The first-order valence-corrected chi connectivity index (χ1v) is 9.40. The molecular weight excluding hydrogens is 350 g/mol. The highest BCUT2D eigenvalue weighted by Crippen LogP contribution is 2.26. The number of hydrogen-bond donors (Lipinski definition) is 3. The van der Waals surface area contributed by atoms with Crippen LogP contribution < -0.4 is 10.6 Å². The number of rotatable bonds is 5. The molecule has 1 aliphatic rings. The number of aliphatic hydroxyl groups excluding tert-OH is 1. The lowest BCUT2D eigenvalue weighted by molar-refractivity contribution is 0.0561. The fraction of sp³-hybridized carbons (Fsp3) is 0.333. The smallest absolute Gasteiger partial charge is 0.271 e. The first-order valence-electron chi connectivity index (χ1n) is 8.52. The minimum absolute atomic E-state index is 0.00586. The van der Waals surface area contributed by atoms with E-state index in [2.05, 4.69) is 25.6 Å². The van der Waals surface area contributed by atoms with E-state index in [0.717, 1.165) is 15.9 Å². The van der Waals surface area contributed by atoms with E-state index < -0.39 is 0 Å². The number of anilines is 1. The molecule has 1 atom stereocenters. The van der Waals surface area contributed by atoms with Crippen LogP contribution in [0.5, 0.6) is 0 Å². The van der Waals surface area contributed by atoms with Gasteiger partial charge in [-0.15, -0.1) is 11.3 Å². The van der Waals surface area contributed by atoms with Gasteiger partial charge < -0.3 is 15.7 Å². The maximum atomic E-state index is 12.7. The van der Waals surface area contributed by atoms with E-state index in [9.17, 15) is 9.90 Å². The van der Waals surface area contributed by atoms with E-state index in [4.69, 9.17) is 0 Å². The molecule has 4 rings (SSSR count). The summed E-state index contributed by atoms with van der Waals surface area (Å²) in [6, 6.07) is 7.51. The van der Waals surface area contributed by atoms with Gasteiger partial charge in [-0.3, -0.25) is 9.78 Å². The Morgan fingerprint density at radius 1 is 1.31 bits per heavy atom. The molecule has 3 N–H and O–H groups in total. The highest BCUT2D eigenvalue weighted by Gasteiger charge is 2.29. The largest absolute Gasteiger partial charge is 0.393 e. The highest BCUT2D eigenvalue weighted by molar-refractivity contribution is 7.17. The third kappa shape index (κ3) is 3.38. The normalized spacial score (nSPS) is 20.4. The molecule has 0 aliphatic heterocycles. The topological polar surface area (TPSA) is 100 Å². The van der Waals surface area contributed by atoms with Gasteiger partial charge in [-0.2, -0.15) is 0 Å². The van der Waals surface area contributed by atoms with Gasteiger partial charge in [0.1, 0.15) is 0 Å². The molecule has 0 radical (unpaired) electrons. The molecule has 1 fully saturated rings. The second-order valence-corrected chi connectivity index (χ2v) is 7.36. The number of amides is 1. The highest BCUT2D eigenvalue weighted by atomic mass is 32.1. The van der Waals surface area contributed by atoms with Gasteiger partial charge in [-0.1, -0.05) is 6.07 Å². The van der Waals surface area contributed by atoms with Gasteiger partial charge in [0.05, 0.1) is 28.1 Å². The number of carbonyl (C=O) groups is 1. The molecule has 8 heteroatoms. The van der Waals surface area contributed by atoms with Crippen molar-refractivity contribution in [2.75, 3.05) is 5.32 Å². The van der Waals surface area contributed by atoms with Crippen LogP contribution in [-0.4, -0.2) is 38.1 Å². The molecule has 1 unspecified atom stereocenters. The second-order valence-electron chi connectivity index (χ2n) is 6.45. The summed E-state index contributed by atoms with van der Waals surface area (Å²) in [5.74, 6) is 0.165. The number of aliphatic hydroxyl groups is 1. The summed E-state index contributed by atoms with van der Waals surface area (Å²) in [6.45, 7) is 1.97. The van der Waals surface area contributed by atoms with Crippen molar-refractivity contribution >= 4 is 33.4 Å². The second kappa shape index (κ2) is 6.97. The average Bonchev–Trinajstić information content (AvgIpc) is 3.08. The van der Waals surface area contributed by atoms with Crippen LogP contribution in [0.15, 0.2) is 35.8 Å². The fourth-order valence-electron chi connectivity index (χ4n) is 2.94. The molecule has 1 aliphatic carbocycles. The van der Waals surface area contributed by atoms with Crippen LogP contribution in [0.2, 0.25) is 0 Å². The van der Waals surface area contributed by atoms with E-state index in [0.29, 0.717) is 24.5 Å². The molecule has 0 aromatic carbocycles. The molecule has 0 bridgehead atoms. The zero-order valence-corrected chi connectivity index (χ0v) is 15.0. The Bertz CT molecular complexity index is 924. The van der Waals surface area contributed by atoms with Crippen LogP contribution >= 0.6 is 11.3 Å². The summed E-state index contributed by atoms with van der Waals surface area (Å²) < 4.78 is 0.762. The van der Waals surface area contributed by atoms with Crippen LogP contribution in [0, 0.1) is 0 Å². The molecule has 0 saturated heterocycles. The lowest BCUT2D eigenvalue weighted by Crippen LogP contribution is -2.47. The van der Waals surface area contributed by atoms with Gasteiger partial charge >= 0.3 is 0 Å². The third-order valence-electron chi connectivity index (χ3n) is 4.44. The molecule has 3 heterocycles. The number of nitrogens with zero attached hydrogens (tertiary/aromatic N) is 3. The number of hydrogen-bond acceptors (Lipinski definition) is 7. The molecule has 7 nitrogen and oxygen atoms in total. The monoisotopic (exact) mass is 369 g/mol. The predicted octanol–water partition coefficient (Wildman–Crippen LogP) is 2.51. The summed E-state index contributed by atoms with van der Waals surface area (Å²) in [5.41, 5.74) is 1.97. The van der Waals surface area contributed by atoms with Crippen LogP contribution in [0.1, 0.15) is 42.0 Å². The van der Waals surface area contributed by atoms with Crippen molar-refractivity contribution in [1.82, 2.24) is 20.3 Å². The van der Waals surface area contributed by atoms with Gasteiger partial charge in [-0.05, 0) is 43.3 Å². The van der Waals surface area contributed by atoms with E-state index in [1.54, 1.807) is 6.20 Å². The Hall–Kier alpha value is -2.58. The Morgan fingerprint density at radius 2 is 2.15 bits per heavy atom. The first kappa shape index (κ1) is 16.9. The SMILES string of the molecule is CC(Nc1nc(C(=O)N[C@H]2C[C@@H](O)C2)c2sccc2n1)c1ccccn1. The Balaban J connectivity index is 1.59. The number of thiophene rings is 1. The van der Waals surface area contributed by atoms with Crippen LogP contribution in [-0.2, 0) is 0 Å².